The zero-order valence-corrected chi connectivity index (χ0v) is 12.5. The monoisotopic (exact) mass is 274 g/mol. The van der Waals surface area contributed by atoms with Crippen molar-refractivity contribution in [2.45, 2.75) is 52.1 Å². The first-order valence-electron chi connectivity index (χ1n) is 6.51. The second-order valence-electron chi connectivity index (χ2n) is 5.54. The summed E-state index contributed by atoms with van der Waals surface area (Å²) >= 11 is 0. The average Bonchev–Trinajstić information content (AvgIpc) is 2.24. The van der Waals surface area contributed by atoms with Gasteiger partial charge in [0.15, 0.2) is 0 Å². The van der Waals surface area contributed by atoms with E-state index in [1.807, 2.05) is 6.92 Å². The second kappa shape index (κ2) is 7.99. The van der Waals surface area contributed by atoms with Crippen LogP contribution in [0.5, 0.6) is 0 Å². The van der Waals surface area contributed by atoms with Gasteiger partial charge >= 0.3 is 12.0 Å². The highest BCUT2D eigenvalue weighted by Crippen LogP contribution is 2.13. The summed E-state index contributed by atoms with van der Waals surface area (Å²) in [6.07, 6.45) is 1.72. The Morgan fingerprint density at radius 1 is 1.37 bits per heavy atom. The smallest absolute Gasteiger partial charge is 0.323 e. The molecule has 6 nitrogen and oxygen atoms in total. The molecule has 112 valence electrons. The molecule has 0 aliphatic heterocycles. The van der Waals surface area contributed by atoms with Crippen molar-refractivity contribution in [1.82, 2.24) is 10.2 Å². The number of nitrogens with one attached hydrogen (secondary N) is 1. The van der Waals surface area contributed by atoms with Crippen LogP contribution in [0.1, 0.15) is 40.5 Å². The van der Waals surface area contributed by atoms with Gasteiger partial charge in [-0.2, -0.15) is 0 Å². The van der Waals surface area contributed by atoms with Gasteiger partial charge in [-0.05, 0) is 27.2 Å². The van der Waals surface area contributed by atoms with E-state index in [1.165, 1.54) is 4.90 Å². The van der Waals surface area contributed by atoms with Gasteiger partial charge in [-0.15, -0.1) is 0 Å². The number of carbonyl (C=O) groups excluding carboxylic acids is 1. The number of carboxylic acid groups (broad SMARTS) is 1. The molecule has 0 aromatic carbocycles. The first-order chi connectivity index (χ1) is 8.72. The Kier molecular flexibility index (Phi) is 7.44. The third kappa shape index (κ3) is 7.00. The molecule has 0 aromatic heterocycles. The molecule has 19 heavy (non-hydrogen) atoms. The van der Waals surface area contributed by atoms with Crippen molar-refractivity contribution < 1.29 is 19.4 Å². The molecule has 0 saturated heterocycles. The van der Waals surface area contributed by atoms with E-state index in [0.717, 1.165) is 12.8 Å². The van der Waals surface area contributed by atoms with E-state index >= 15 is 0 Å². The predicted molar refractivity (Wildman–Crippen MR) is 73.2 cm³/mol. The number of carbonyl (C=O) groups is 2. The van der Waals surface area contributed by atoms with Crippen LogP contribution in [0.3, 0.4) is 0 Å². The summed E-state index contributed by atoms with van der Waals surface area (Å²) in [6.45, 7) is 7.54. The van der Waals surface area contributed by atoms with Crippen LogP contribution >= 0.6 is 0 Å². The predicted octanol–water partition coefficient (Wildman–Crippen LogP) is 1.70. The van der Waals surface area contributed by atoms with Gasteiger partial charge in [-0.25, -0.2) is 4.79 Å². The molecule has 2 amide bonds. The molecule has 0 aliphatic rings. The van der Waals surface area contributed by atoms with Gasteiger partial charge in [-0.1, -0.05) is 13.3 Å². The highest BCUT2D eigenvalue weighted by atomic mass is 16.5. The highest BCUT2D eigenvalue weighted by molar-refractivity contribution is 5.81. The first kappa shape index (κ1) is 17.7. The Balaban J connectivity index is 4.74. The summed E-state index contributed by atoms with van der Waals surface area (Å²) in [6, 6.07) is -0.466. The molecule has 0 radical (unpaired) electrons. The first-order valence-corrected chi connectivity index (χ1v) is 6.51. The molecule has 1 atom stereocenters. The zero-order valence-electron chi connectivity index (χ0n) is 12.5. The van der Waals surface area contributed by atoms with Crippen LogP contribution in [0.4, 0.5) is 4.79 Å². The molecule has 1 unspecified atom stereocenters. The zero-order chi connectivity index (χ0) is 15.1. The number of urea groups is 1. The summed E-state index contributed by atoms with van der Waals surface area (Å²) < 4.78 is 5.05. The molecule has 6 heteroatoms. The van der Waals surface area contributed by atoms with E-state index in [9.17, 15) is 9.59 Å². The summed E-state index contributed by atoms with van der Waals surface area (Å²) in [7, 11) is 1.58. The van der Waals surface area contributed by atoms with Crippen LogP contribution < -0.4 is 5.32 Å². The fourth-order valence-electron chi connectivity index (χ4n) is 1.75. The molecule has 2 N–H and O–H groups in total. The molecular weight excluding hydrogens is 248 g/mol. The van der Waals surface area contributed by atoms with Gasteiger partial charge in [-0.3, -0.25) is 4.79 Å². The van der Waals surface area contributed by atoms with Gasteiger partial charge in [0.05, 0.1) is 12.6 Å². The SMILES string of the molecule is CCCC(COC)NC(=O)N(CC(=O)O)C(C)(C)C. The van der Waals surface area contributed by atoms with E-state index in [2.05, 4.69) is 5.32 Å². The molecule has 0 heterocycles. The maximum absolute atomic E-state index is 12.2. The van der Waals surface area contributed by atoms with E-state index in [1.54, 1.807) is 27.9 Å². The third-order valence-electron chi connectivity index (χ3n) is 2.68. The minimum absolute atomic E-state index is 0.0962. The molecule has 0 spiro atoms. The minimum atomic E-state index is -1.02. The highest BCUT2D eigenvalue weighted by Gasteiger charge is 2.29. The number of hydrogen-bond acceptors (Lipinski definition) is 3. The van der Waals surface area contributed by atoms with E-state index < -0.39 is 11.5 Å². The Morgan fingerprint density at radius 2 is 1.95 bits per heavy atom. The summed E-state index contributed by atoms with van der Waals surface area (Å²) in [5, 5.41) is 11.7. The second-order valence-corrected chi connectivity index (χ2v) is 5.54. The van der Waals surface area contributed by atoms with Crippen molar-refractivity contribution in [3.63, 3.8) is 0 Å². The fourth-order valence-corrected chi connectivity index (χ4v) is 1.75. The molecule has 0 fully saturated rings. The van der Waals surface area contributed by atoms with Crippen molar-refractivity contribution in [3.05, 3.63) is 0 Å². The number of carboxylic acids is 1. The lowest BCUT2D eigenvalue weighted by Gasteiger charge is -2.35. The van der Waals surface area contributed by atoms with Gasteiger partial charge in [0, 0.05) is 12.6 Å². The van der Waals surface area contributed by atoms with Crippen LogP contribution in [-0.4, -0.2) is 53.8 Å². The number of amides is 2. The summed E-state index contributed by atoms with van der Waals surface area (Å²) in [5.74, 6) is -1.02. The molecular formula is C13H26N2O4. The average molecular weight is 274 g/mol. The van der Waals surface area contributed by atoms with Crippen molar-refractivity contribution in [2.75, 3.05) is 20.3 Å². The maximum Gasteiger partial charge on any atom is 0.323 e. The molecule has 0 saturated carbocycles. The standard InChI is InChI=1S/C13H26N2O4/c1-6-7-10(9-19-5)14-12(18)15(8-11(16)17)13(2,3)4/h10H,6-9H2,1-5H3,(H,14,18)(H,16,17). The van der Waals surface area contributed by atoms with Gasteiger partial charge in [0.1, 0.15) is 6.54 Å². The molecule has 0 rings (SSSR count). The molecule has 0 bridgehead atoms. The normalized spacial score (nSPS) is 12.9. The van der Waals surface area contributed by atoms with Crippen LogP contribution in [0.2, 0.25) is 0 Å². The van der Waals surface area contributed by atoms with Crippen molar-refractivity contribution in [3.8, 4) is 0 Å². The largest absolute Gasteiger partial charge is 0.480 e. The summed E-state index contributed by atoms with van der Waals surface area (Å²) in [5.41, 5.74) is -0.549. The Bertz CT molecular complexity index is 294. The topological polar surface area (TPSA) is 78.9 Å². The Morgan fingerprint density at radius 3 is 2.32 bits per heavy atom. The van der Waals surface area contributed by atoms with Crippen LogP contribution in [0.15, 0.2) is 0 Å². The summed E-state index contributed by atoms with van der Waals surface area (Å²) in [4.78, 5) is 24.3. The van der Waals surface area contributed by atoms with Crippen LogP contribution in [0, 0.1) is 0 Å². The van der Waals surface area contributed by atoms with Gasteiger partial charge in [0.25, 0.3) is 0 Å². The van der Waals surface area contributed by atoms with Gasteiger partial charge < -0.3 is 20.1 Å². The van der Waals surface area contributed by atoms with E-state index in [-0.39, 0.29) is 18.6 Å². The minimum Gasteiger partial charge on any atom is -0.480 e. The number of rotatable bonds is 7. The van der Waals surface area contributed by atoms with Crippen molar-refractivity contribution >= 4 is 12.0 Å². The fraction of sp³-hybridized carbons (Fsp3) is 0.846. The van der Waals surface area contributed by atoms with Crippen LogP contribution in [0.25, 0.3) is 0 Å². The number of methoxy groups -OCH3 is 1. The lowest BCUT2D eigenvalue weighted by atomic mass is 10.1. The van der Waals surface area contributed by atoms with Crippen molar-refractivity contribution in [2.24, 2.45) is 0 Å². The van der Waals surface area contributed by atoms with Crippen molar-refractivity contribution in [1.29, 1.82) is 0 Å². The van der Waals surface area contributed by atoms with Gasteiger partial charge in [0.2, 0.25) is 0 Å². The number of aliphatic carboxylic acids is 1. The lowest BCUT2D eigenvalue weighted by Crippen LogP contribution is -2.55. The number of hydrogen-bond donors (Lipinski definition) is 2. The lowest BCUT2D eigenvalue weighted by molar-refractivity contribution is -0.138. The Labute approximate surface area is 115 Å². The van der Waals surface area contributed by atoms with E-state index in [4.69, 9.17) is 9.84 Å². The molecule has 0 aromatic rings. The number of nitrogens with zero attached hydrogens (tertiary/aromatic N) is 1. The maximum atomic E-state index is 12.2. The molecule has 0 aliphatic carbocycles. The van der Waals surface area contributed by atoms with Crippen LogP contribution in [-0.2, 0) is 9.53 Å². The third-order valence-corrected chi connectivity index (χ3v) is 2.68. The Hall–Kier alpha value is -1.30. The van der Waals surface area contributed by atoms with E-state index in [0.29, 0.717) is 6.61 Å². The quantitative estimate of drug-likeness (QED) is 0.740. The number of ether oxygens (including phenoxy) is 1.